The number of aliphatic hydroxyl groups is 1. The zero-order valence-corrected chi connectivity index (χ0v) is 19.9. The first-order valence-electron chi connectivity index (χ1n) is 10.1. The van der Waals surface area contributed by atoms with Gasteiger partial charge in [0, 0.05) is 59.4 Å². The number of nitrogens with one attached hydrogen (secondary N) is 2. The van der Waals surface area contributed by atoms with Crippen molar-refractivity contribution in [2.45, 2.75) is 38.1 Å². The van der Waals surface area contributed by atoms with Crippen LogP contribution in [0.25, 0.3) is 0 Å². The molecule has 2 aliphatic heterocycles. The number of carbonyl (C=O) groups is 1. The van der Waals surface area contributed by atoms with Crippen molar-refractivity contribution < 1.29 is 14.6 Å². The Hall–Kier alpha value is -0.650. The highest BCUT2D eigenvalue weighted by molar-refractivity contribution is 14.0. The van der Waals surface area contributed by atoms with Crippen molar-refractivity contribution in [2.24, 2.45) is 10.4 Å². The Morgan fingerprint density at radius 2 is 2.18 bits per heavy atom. The van der Waals surface area contributed by atoms with Crippen LogP contribution in [0, 0.1) is 5.41 Å². The summed E-state index contributed by atoms with van der Waals surface area (Å²) >= 11 is 0. The number of ether oxygens (including phenoxy) is 1. The van der Waals surface area contributed by atoms with E-state index in [2.05, 4.69) is 20.5 Å². The predicted molar refractivity (Wildman–Crippen MR) is 122 cm³/mol. The van der Waals surface area contributed by atoms with Gasteiger partial charge in [-0.05, 0) is 38.6 Å². The minimum atomic E-state index is 0. The number of likely N-dealkylation sites (tertiary alicyclic amines) is 1. The summed E-state index contributed by atoms with van der Waals surface area (Å²) in [6, 6.07) is 0.0399. The van der Waals surface area contributed by atoms with Crippen molar-refractivity contribution in [3.05, 3.63) is 0 Å². The second-order valence-corrected chi connectivity index (χ2v) is 7.91. The fraction of sp³-hybridized carbons (Fsp3) is 0.895. The minimum absolute atomic E-state index is 0. The van der Waals surface area contributed by atoms with Crippen molar-refractivity contribution in [3.63, 3.8) is 0 Å². The van der Waals surface area contributed by atoms with E-state index in [1.807, 2.05) is 14.1 Å². The molecule has 28 heavy (non-hydrogen) atoms. The Morgan fingerprint density at radius 3 is 2.79 bits per heavy atom. The molecule has 3 N–H and O–H groups in total. The van der Waals surface area contributed by atoms with Crippen LogP contribution in [0.15, 0.2) is 4.99 Å². The molecule has 0 bridgehead atoms. The van der Waals surface area contributed by atoms with E-state index in [0.29, 0.717) is 6.61 Å². The van der Waals surface area contributed by atoms with Crippen LogP contribution < -0.4 is 10.6 Å². The van der Waals surface area contributed by atoms with Gasteiger partial charge in [-0.1, -0.05) is 0 Å². The normalized spacial score (nSPS) is 25.4. The summed E-state index contributed by atoms with van der Waals surface area (Å²) in [6.45, 7) is 5.10. The molecule has 2 aliphatic rings. The van der Waals surface area contributed by atoms with E-state index in [4.69, 9.17) is 4.74 Å². The molecule has 2 saturated heterocycles. The van der Waals surface area contributed by atoms with Gasteiger partial charge in [-0.3, -0.25) is 14.7 Å². The lowest BCUT2D eigenvalue weighted by molar-refractivity contribution is -0.133. The Kier molecular flexibility index (Phi) is 11.6. The quantitative estimate of drug-likeness (QED) is 0.181. The molecule has 0 aliphatic carbocycles. The van der Waals surface area contributed by atoms with Gasteiger partial charge in [-0.25, -0.2) is 0 Å². The summed E-state index contributed by atoms with van der Waals surface area (Å²) in [5.74, 6) is 0.993. The molecule has 0 saturated carbocycles. The number of guanidine groups is 1. The summed E-state index contributed by atoms with van der Waals surface area (Å²) in [4.78, 5) is 20.5. The van der Waals surface area contributed by atoms with Crippen LogP contribution in [-0.2, 0) is 9.53 Å². The van der Waals surface area contributed by atoms with Gasteiger partial charge in [0.1, 0.15) is 0 Å². The maximum atomic E-state index is 12.2. The van der Waals surface area contributed by atoms with E-state index in [-0.39, 0.29) is 47.9 Å². The molecule has 9 heteroatoms. The van der Waals surface area contributed by atoms with Crippen LogP contribution in [0.5, 0.6) is 0 Å². The highest BCUT2D eigenvalue weighted by Crippen LogP contribution is 2.31. The van der Waals surface area contributed by atoms with Crippen molar-refractivity contribution >= 4 is 35.8 Å². The SMILES string of the molecule is CN=C(NCCCN1CCCC1C(=O)N(C)C)NCC1(CCO)CCOC1.I. The van der Waals surface area contributed by atoms with E-state index in [1.165, 1.54) is 0 Å². The number of amides is 1. The molecule has 2 rings (SSSR count). The first-order chi connectivity index (χ1) is 13.0. The molecule has 1 amide bonds. The van der Waals surface area contributed by atoms with Gasteiger partial charge in [-0.15, -0.1) is 24.0 Å². The molecule has 0 aromatic carbocycles. The zero-order valence-electron chi connectivity index (χ0n) is 17.6. The monoisotopic (exact) mass is 511 g/mol. The van der Waals surface area contributed by atoms with Gasteiger partial charge in [0.25, 0.3) is 0 Å². The molecular weight excluding hydrogens is 473 g/mol. The Bertz CT molecular complexity index is 498. The van der Waals surface area contributed by atoms with Gasteiger partial charge < -0.3 is 25.4 Å². The van der Waals surface area contributed by atoms with E-state index in [0.717, 1.165) is 70.8 Å². The number of halogens is 1. The maximum absolute atomic E-state index is 12.2. The van der Waals surface area contributed by atoms with Crippen LogP contribution >= 0.6 is 24.0 Å². The second-order valence-electron chi connectivity index (χ2n) is 7.91. The Labute approximate surface area is 186 Å². The fourth-order valence-electron chi connectivity index (χ4n) is 3.96. The molecule has 0 aromatic rings. The van der Waals surface area contributed by atoms with Gasteiger partial charge >= 0.3 is 0 Å². The summed E-state index contributed by atoms with van der Waals surface area (Å²) in [6.07, 6.45) is 4.72. The van der Waals surface area contributed by atoms with Crippen molar-refractivity contribution in [1.82, 2.24) is 20.4 Å². The standard InChI is InChI=1S/C19H37N5O3.HI/c1-20-18(22-14-19(7-12-25)8-13-27-15-19)21-9-5-11-24-10-4-6-16(24)17(26)23(2)3;/h16,25H,4-15H2,1-3H3,(H2,20,21,22);1H. The topological polar surface area (TPSA) is 89.4 Å². The molecule has 2 unspecified atom stereocenters. The first kappa shape index (κ1) is 25.4. The molecule has 2 heterocycles. The lowest BCUT2D eigenvalue weighted by Gasteiger charge is -2.28. The number of hydrogen-bond donors (Lipinski definition) is 3. The zero-order chi connectivity index (χ0) is 19.7. The van der Waals surface area contributed by atoms with E-state index >= 15 is 0 Å². The number of rotatable bonds is 9. The maximum Gasteiger partial charge on any atom is 0.239 e. The number of likely N-dealkylation sites (N-methyl/N-ethyl adjacent to an activating group) is 1. The largest absolute Gasteiger partial charge is 0.396 e. The average molecular weight is 511 g/mol. The van der Waals surface area contributed by atoms with E-state index in [9.17, 15) is 9.90 Å². The highest BCUT2D eigenvalue weighted by atomic mass is 127. The van der Waals surface area contributed by atoms with Crippen molar-refractivity contribution in [1.29, 1.82) is 0 Å². The van der Waals surface area contributed by atoms with Crippen LogP contribution in [-0.4, -0.2) is 100.0 Å². The second kappa shape index (κ2) is 12.8. The van der Waals surface area contributed by atoms with Crippen molar-refractivity contribution in [2.75, 3.05) is 67.1 Å². The predicted octanol–water partition coefficient (Wildman–Crippen LogP) is 0.501. The first-order valence-corrected chi connectivity index (χ1v) is 10.1. The molecule has 0 radical (unpaired) electrons. The molecule has 164 valence electrons. The summed E-state index contributed by atoms with van der Waals surface area (Å²) in [5.41, 5.74) is 0.00167. The highest BCUT2D eigenvalue weighted by Gasteiger charge is 2.34. The summed E-state index contributed by atoms with van der Waals surface area (Å²) in [5, 5.41) is 16.1. The Morgan fingerprint density at radius 1 is 1.39 bits per heavy atom. The van der Waals surface area contributed by atoms with E-state index < -0.39 is 0 Å². The summed E-state index contributed by atoms with van der Waals surface area (Å²) in [7, 11) is 5.43. The van der Waals surface area contributed by atoms with Crippen molar-refractivity contribution in [3.8, 4) is 0 Å². The molecule has 2 fully saturated rings. The van der Waals surface area contributed by atoms with Crippen LogP contribution in [0.1, 0.15) is 32.1 Å². The number of aliphatic imine (C=N–C) groups is 1. The third kappa shape index (κ3) is 7.31. The number of nitrogens with zero attached hydrogens (tertiary/aromatic N) is 3. The molecule has 0 aromatic heterocycles. The third-order valence-corrected chi connectivity index (χ3v) is 5.69. The van der Waals surface area contributed by atoms with E-state index in [1.54, 1.807) is 11.9 Å². The van der Waals surface area contributed by atoms with Gasteiger partial charge in [0.2, 0.25) is 5.91 Å². The molecule has 2 atom stereocenters. The average Bonchev–Trinajstić information content (AvgIpc) is 3.30. The molecular formula is C19H38IN5O3. The minimum Gasteiger partial charge on any atom is -0.396 e. The number of aliphatic hydroxyl groups excluding tert-OH is 1. The third-order valence-electron chi connectivity index (χ3n) is 5.69. The molecule has 0 spiro atoms. The summed E-state index contributed by atoms with van der Waals surface area (Å²) < 4.78 is 5.53. The lowest BCUT2D eigenvalue weighted by Crippen LogP contribution is -2.46. The Balaban J connectivity index is 0.00000392. The van der Waals surface area contributed by atoms with Gasteiger partial charge in [0.15, 0.2) is 5.96 Å². The smallest absolute Gasteiger partial charge is 0.239 e. The van der Waals surface area contributed by atoms with Gasteiger partial charge in [-0.2, -0.15) is 0 Å². The lowest BCUT2D eigenvalue weighted by atomic mass is 9.84. The molecule has 8 nitrogen and oxygen atoms in total. The number of carbonyl (C=O) groups excluding carboxylic acids is 1. The van der Waals surface area contributed by atoms with Crippen LogP contribution in [0.4, 0.5) is 0 Å². The number of hydrogen-bond acceptors (Lipinski definition) is 5. The van der Waals surface area contributed by atoms with Crippen LogP contribution in [0.3, 0.4) is 0 Å². The fourth-order valence-corrected chi connectivity index (χ4v) is 3.96. The van der Waals surface area contributed by atoms with Gasteiger partial charge in [0.05, 0.1) is 12.6 Å². The van der Waals surface area contributed by atoms with Crippen LogP contribution in [0.2, 0.25) is 0 Å².